The SMILES string of the molecule is O=C(NCc1ccc(F)cc1)N1CCC2(CC1)OCCS2. The first-order valence-corrected chi connectivity index (χ1v) is 8.21. The van der Waals surface area contributed by atoms with Crippen LogP contribution in [0.25, 0.3) is 0 Å². The summed E-state index contributed by atoms with van der Waals surface area (Å²) in [5.74, 6) is 0.789. The molecule has 0 saturated carbocycles. The number of hydrogen-bond acceptors (Lipinski definition) is 3. The molecule has 1 N–H and O–H groups in total. The van der Waals surface area contributed by atoms with Crippen molar-refractivity contribution in [2.45, 2.75) is 24.3 Å². The molecule has 2 saturated heterocycles. The molecule has 0 aromatic heterocycles. The predicted molar refractivity (Wildman–Crippen MR) is 80.6 cm³/mol. The van der Waals surface area contributed by atoms with Crippen molar-refractivity contribution in [3.05, 3.63) is 35.6 Å². The summed E-state index contributed by atoms with van der Waals surface area (Å²) < 4.78 is 18.6. The molecular weight excluding hydrogens is 291 g/mol. The minimum Gasteiger partial charge on any atom is -0.363 e. The number of carbonyl (C=O) groups is 1. The number of likely N-dealkylation sites (tertiary alicyclic amines) is 1. The van der Waals surface area contributed by atoms with E-state index in [1.807, 2.05) is 16.7 Å². The molecule has 6 heteroatoms. The van der Waals surface area contributed by atoms with Crippen LogP contribution in [-0.2, 0) is 11.3 Å². The fourth-order valence-electron chi connectivity index (χ4n) is 2.73. The van der Waals surface area contributed by atoms with Gasteiger partial charge in [0.25, 0.3) is 0 Å². The first-order chi connectivity index (χ1) is 10.2. The lowest BCUT2D eigenvalue weighted by atomic mass is 10.1. The van der Waals surface area contributed by atoms with Crippen molar-refractivity contribution in [1.82, 2.24) is 10.2 Å². The average molecular weight is 310 g/mol. The molecule has 1 aromatic carbocycles. The quantitative estimate of drug-likeness (QED) is 0.913. The van der Waals surface area contributed by atoms with Gasteiger partial charge in [0.1, 0.15) is 10.8 Å². The van der Waals surface area contributed by atoms with Crippen LogP contribution in [0.2, 0.25) is 0 Å². The standard InChI is InChI=1S/C15H19FN2O2S/c16-13-3-1-12(2-4-13)11-17-14(19)18-7-5-15(6-8-18)20-9-10-21-15/h1-4H,5-11H2,(H,17,19). The molecule has 2 fully saturated rings. The third-order valence-corrected chi connectivity index (χ3v) is 5.41. The topological polar surface area (TPSA) is 41.6 Å². The molecule has 2 aliphatic rings. The maximum absolute atomic E-state index is 12.8. The molecule has 3 rings (SSSR count). The van der Waals surface area contributed by atoms with Crippen molar-refractivity contribution in [2.24, 2.45) is 0 Å². The Bertz CT molecular complexity index is 493. The van der Waals surface area contributed by atoms with Gasteiger partial charge in [0.15, 0.2) is 0 Å². The first-order valence-electron chi connectivity index (χ1n) is 7.22. The van der Waals surface area contributed by atoms with Crippen molar-refractivity contribution in [2.75, 3.05) is 25.4 Å². The van der Waals surface area contributed by atoms with Crippen LogP contribution < -0.4 is 5.32 Å². The summed E-state index contributed by atoms with van der Waals surface area (Å²) in [6.45, 7) is 2.69. The molecule has 21 heavy (non-hydrogen) atoms. The van der Waals surface area contributed by atoms with Gasteiger partial charge in [-0.1, -0.05) is 12.1 Å². The highest BCUT2D eigenvalue weighted by molar-refractivity contribution is 8.00. The summed E-state index contributed by atoms with van der Waals surface area (Å²) >= 11 is 1.87. The van der Waals surface area contributed by atoms with E-state index in [1.54, 1.807) is 12.1 Å². The number of nitrogens with zero attached hydrogens (tertiary/aromatic N) is 1. The zero-order valence-electron chi connectivity index (χ0n) is 11.8. The number of piperidine rings is 1. The van der Waals surface area contributed by atoms with E-state index < -0.39 is 0 Å². The van der Waals surface area contributed by atoms with Crippen LogP contribution in [0.4, 0.5) is 9.18 Å². The Labute approximate surface area is 128 Å². The van der Waals surface area contributed by atoms with E-state index in [2.05, 4.69) is 5.32 Å². The minimum atomic E-state index is -0.263. The number of carbonyl (C=O) groups excluding carboxylic acids is 1. The lowest BCUT2D eigenvalue weighted by Gasteiger charge is -2.37. The van der Waals surface area contributed by atoms with Crippen LogP contribution in [0, 0.1) is 5.82 Å². The Morgan fingerprint density at radius 3 is 2.67 bits per heavy atom. The Balaban J connectivity index is 1.47. The summed E-state index contributed by atoms with van der Waals surface area (Å²) in [5.41, 5.74) is 0.896. The van der Waals surface area contributed by atoms with Gasteiger partial charge in [-0.2, -0.15) is 0 Å². The Kier molecular flexibility index (Phi) is 4.35. The van der Waals surface area contributed by atoms with Crippen molar-refractivity contribution in [1.29, 1.82) is 0 Å². The van der Waals surface area contributed by atoms with E-state index in [1.165, 1.54) is 12.1 Å². The van der Waals surface area contributed by atoms with E-state index in [9.17, 15) is 9.18 Å². The molecule has 1 aromatic rings. The molecule has 0 unspecified atom stereocenters. The van der Waals surface area contributed by atoms with Crippen LogP contribution in [0.5, 0.6) is 0 Å². The number of rotatable bonds is 2. The van der Waals surface area contributed by atoms with Crippen molar-refractivity contribution >= 4 is 17.8 Å². The number of ether oxygens (including phenoxy) is 1. The molecule has 2 amide bonds. The maximum atomic E-state index is 12.8. The molecule has 1 spiro atoms. The number of halogens is 1. The highest BCUT2D eigenvalue weighted by Crippen LogP contribution is 2.41. The van der Waals surface area contributed by atoms with Gasteiger partial charge in [-0.05, 0) is 17.7 Å². The van der Waals surface area contributed by atoms with Gasteiger partial charge in [-0.15, -0.1) is 11.8 Å². The van der Waals surface area contributed by atoms with Crippen LogP contribution in [0.15, 0.2) is 24.3 Å². The van der Waals surface area contributed by atoms with Gasteiger partial charge in [0.2, 0.25) is 0 Å². The monoisotopic (exact) mass is 310 g/mol. The normalized spacial score (nSPS) is 20.7. The smallest absolute Gasteiger partial charge is 0.317 e. The molecule has 0 radical (unpaired) electrons. The van der Waals surface area contributed by atoms with Crippen LogP contribution in [0.3, 0.4) is 0 Å². The molecule has 0 bridgehead atoms. The van der Waals surface area contributed by atoms with Gasteiger partial charge in [0.05, 0.1) is 6.61 Å². The van der Waals surface area contributed by atoms with E-state index in [4.69, 9.17) is 4.74 Å². The third kappa shape index (κ3) is 3.49. The summed E-state index contributed by atoms with van der Waals surface area (Å²) in [6.07, 6.45) is 1.78. The number of benzene rings is 1. The second-order valence-electron chi connectivity index (χ2n) is 5.38. The molecule has 0 atom stereocenters. The van der Waals surface area contributed by atoms with E-state index in [0.717, 1.165) is 43.9 Å². The summed E-state index contributed by atoms with van der Waals surface area (Å²) in [4.78, 5) is 13.9. The van der Waals surface area contributed by atoms with Crippen molar-refractivity contribution in [3.63, 3.8) is 0 Å². The van der Waals surface area contributed by atoms with Gasteiger partial charge < -0.3 is 15.0 Å². The highest BCUT2D eigenvalue weighted by atomic mass is 32.2. The lowest BCUT2D eigenvalue weighted by Crippen LogP contribution is -2.48. The Hall–Kier alpha value is -1.27. The zero-order valence-corrected chi connectivity index (χ0v) is 12.6. The second kappa shape index (κ2) is 6.23. The van der Waals surface area contributed by atoms with Crippen LogP contribution >= 0.6 is 11.8 Å². The number of hydrogen-bond donors (Lipinski definition) is 1. The van der Waals surface area contributed by atoms with Crippen LogP contribution in [0.1, 0.15) is 18.4 Å². The van der Waals surface area contributed by atoms with Crippen molar-refractivity contribution < 1.29 is 13.9 Å². The largest absolute Gasteiger partial charge is 0.363 e. The van der Waals surface area contributed by atoms with E-state index >= 15 is 0 Å². The minimum absolute atomic E-state index is 0.0479. The Morgan fingerprint density at radius 1 is 1.33 bits per heavy atom. The lowest BCUT2D eigenvalue weighted by molar-refractivity contribution is 0.00942. The molecule has 0 aliphatic carbocycles. The fraction of sp³-hybridized carbons (Fsp3) is 0.533. The fourth-order valence-corrected chi connectivity index (χ4v) is 3.90. The number of thioether (sulfide) groups is 1. The highest BCUT2D eigenvalue weighted by Gasteiger charge is 2.40. The number of amides is 2. The van der Waals surface area contributed by atoms with Crippen LogP contribution in [-0.4, -0.2) is 41.3 Å². The van der Waals surface area contributed by atoms with Gasteiger partial charge in [-0.3, -0.25) is 0 Å². The molecule has 2 heterocycles. The summed E-state index contributed by atoms with van der Waals surface area (Å²) in [7, 11) is 0. The second-order valence-corrected chi connectivity index (χ2v) is 6.82. The third-order valence-electron chi connectivity index (χ3n) is 3.98. The number of nitrogens with one attached hydrogen (secondary N) is 1. The predicted octanol–water partition coefficient (Wildman–Crippen LogP) is 2.59. The molecule has 4 nitrogen and oxygen atoms in total. The van der Waals surface area contributed by atoms with Gasteiger partial charge in [0, 0.05) is 38.2 Å². The summed E-state index contributed by atoms with van der Waals surface area (Å²) in [5, 5.41) is 2.88. The summed E-state index contributed by atoms with van der Waals surface area (Å²) in [6, 6.07) is 6.12. The maximum Gasteiger partial charge on any atom is 0.317 e. The van der Waals surface area contributed by atoms with E-state index in [-0.39, 0.29) is 16.8 Å². The first kappa shape index (κ1) is 14.7. The average Bonchev–Trinajstić information content (AvgIpc) is 2.95. The van der Waals surface area contributed by atoms with Gasteiger partial charge in [-0.25, -0.2) is 9.18 Å². The molecular formula is C15H19FN2O2S. The molecule has 2 aliphatic heterocycles. The van der Waals surface area contributed by atoms with E-state index in [0.29, 0.717) is 6.54 Å². The molecule has 114 valence electrons. The number of urea groups is 1. The zero-order chi connectivity index (χ0) is 14.7. The van der Waals surface area contributed by atoms with Crippen molar-refractivity contribution in [3.8, 4) is 0 Å². The Morgan fingerprint density at radius 2 is 2.05 bits per heavy atom. The van der Waals surface area contributed by atoms with Gasteiger partial charge >= 0.3 is 6.03 Å².